The Kier molecular flexibility index (Phi) is 4.93. The number of pyridine rings is 1. The molecular weight excluding hydrogens is 436 g/mol. The minimum absolute atomic E-state index is 0. The van der Waals surface area contributed by atoms with Crippen LogP contribution in [0, 0.1) is 0 Å². The van der Waals surface area contributed by atoms with Gasteiger partial charge in [-0.1, -0.05) is 6.07 Å². The third kappa shape index (κ3) is 3.90. The first kappa shape index (κ1) is 19.3. The Hall–Kier alpha value is -3.63. The van der Waals surface area contributed by atoms with Crippen LogP contribution in [0.1, 0.15) is 5.69 Å². The van der Waals surface area contributed by atoms with Crippen molar-refractivity contribution >= 4 is 28.4 Å². The molecule has 0 unspecified atom stereocenters. The Morgan fingerprint density at radius 2 is 1.10 bits per heavy atom. The molecule has 142 valence electrons. The number of hydrogen-bond donors (Lipinski definition) is 0. The number of nitrogens with zero attached hydrogens (tertiary/aromatic N) is 5. The molecule has 1 aromatic rings. The summed E-state index contributed by atoms with van der Waals surface area (Å²) in [6.45, 7) is 0. The van der Waals surface area contributed by atoms with E-state index in [1.165, 1.54) is 0 Å². The molecule has 5 aliphatic heterocycles. The van der Waals surface area contributed by atoms with E-state index in [9.17, 15) is 0 Å². The maximum absolute atomic E-state index is 4.83. The molecule has 6 rings (SSSR count). The number of rotatable bonds is 1. The summed E-state index contributed by atoms with van der Waals surface area (Å²) < 4.78 is 0. The first-order valence-electron chi connectivity index (χ1n) is 9.68. The maximum Gasteiger partial charge on any atom is 0.0753 e. The first-order chi connectivity index (χ1) is 14.8. The average molecular weight is 451 g/mol. The van der Waals surface area contributed by atoms with Crippen molar-refractivity contribution in [3.8, 4) is 0 Å². The Bertz CT molecular complexity index is 1350. The average Bonchev–Trinajstić information content (AvgIpc) is 3.53. The smallest absolute Gasteiger partial charge is 0.0753 e. The van der Waals surface area contributed by atoms with Crippen LogP contribution >= 0.6 is 0 Å². The number of hydrogen-bond acceptors (Lipinski definition) is 5. The van der Waals surface area contributed by atoms with Crippen LogP contribution in [0.5, 0.6) is 0 Å². The summed E-state index contributed by atoms with van der Waals surface area (Å²) >= 11 is 0. The van der Waals surface area contributed by atoms with Crippen molar-refractivity contribution in [1.29, 1.82) is 0 Å². The topological polar surface area (TPSA) is 62.3 Å². The van der Waals surface area contributed by atoms with Crippen molar-refractivity contribution in [2.45, 2.75) is 0 Å². The largest absolute Gasteiger partial charge is 0.256 e. The van der Waals surface area contributed by atoms with E-state index in [4.69, 9.17) is 9.98 Å². The van der Waals surface area contributed by atoms with Crippen molar-refractivity contribution in [2.75, 3.05) is 0 Å². The Morgan fingerprint density at radius 1 is 0.516 bits per heavy atom. The number of fused-ring (bicyclic) bond motifs is 4. The molecule has 0 radical (unpaired) electrons. The molecule has 0 spiro atoms. The Balaban J connectivity index is 0.00000204. The van der Waals surface area contributed by atoms with E-state index >= 15 is 0 Å². The van der Waals surface area contributed by atoms with E-state index in [1.54, 1.807) is 6.20 Å². The minimum Gasteiger partial charge on any atom is -0.256 e. The summed E-state index contributed by atoms with van der Waals surface area (Å²) in [4.78, 5) is 23.4. The molecule has 0 fully saturated rings. The van der Waals surface area contributed by atoms with Gasteiger partial charge in [-0.3, -0.25) is 4.98 Å². The third-order valence-corrected chi connectivity index (χ3v) is 4.98. The van der Waals surface area contributed by atoms with Gasteiger partial charge in [0.1, 0.15) is 0 Å². The zero-order valence-corrected chi connectivity index (χ0v) is 19.6. The van der Waals surface area contributed by atoms with E-state index in [2.05, 4.69) is 15.0 Å². The van der Waals surface area contributed by atoms with Gasteiger partial charge in [-0.25, -0.2) is 20.0 Å². The van der Waals surface area contributed by atoms with Crippen LogP contribution in [0.15, 0.2) is 134 Å². The van der Waals surface area contributed by atoms with Gasteiger partial charge >= 0.3 is 0 Å². The quantitative estimate of drug-likeness (QED) is 0.581. The molecule has 5 nitrogen and oxygen atoms in total. The molecule has 6 heterocycles. The van der Waals surface area contributed by atoms with Crippen LogP contribution in [0.2, 0.25) is 0 Å². The summed E-state index contributed by atoms with van der Waals surface area (Å²) in [5.74, 6) is 0. The van der Waals surface area contributed by atoms with Gasteiger partial charge in [-0.05, 0) is 79.0 Å². The van der Waals surface area contributed by atoms with Crippen molar-refractivity contribution in [2.24, 2.45) is 20.0 Å². The van der Waals surface area contributed by atoms with Crippen molar-refractivity contribution in [3.63, 3.8) is 0 Å². The zero-order chi connectivity index (χ0) is 19.9. The third-order valence-electron chi connectivity index (χ3n) is 4.98. The number of aliphatic imine (C=N–C) groups is 4. The fourth-order valence-electron chi connectivity index (χ4n) is 3.62. The van der Waals surface area contributed by atoms with Gasteiger partial charge in [0.15, 0.2) is 0 Å². The summed E-state index contributed by atoms with van der Waals surface area (Å²) in [5, 5.41) is 0. The minimum atomic E-state index is 0. The molecule has 0 aromatic carbocycles. The second-order valence-corrected chi connectivity index (χ2v) is 7.16. The second kappa shape index (κ2) is 7.90. The van der Waals surface area contributed by atoms with Gasteiger partial charge in [0, 0.05) is 31.2 Å². The van der Waals surface area contributed by atoms with Crippen LogP contribution in [-0.4, -0.2) is 27.8 Å². The Morgan fingerprint density at radius 3 is 1.68 bits per heavy atom. The summed E-state index contributed by atoms with van der Waals surface area (Å²) in [7, 11) is 0. The fourth-order valence-corrected chi connectivity index (χ4v) is 3.62. The SMILES string of the molecule is C1=CC2=NC1=CC1=NC(=CC3=NC(=CC4=NC(=C2)C=C4)C=C3c2ccccn2)C=C1.[Zn]. The van der Waals surface area contributed by atoms with Crippen molar-refractivity contribution in [3.05, 3.63) is 120 Å². The van der Waals surface area contributed by atoms with Gasteiger partial charge < -0.3 is 0 Å². The number of allylic oxidation sites excluding steroid dienone is 12. The summed E-state index contributed by atoms with van der Waals surface area (Å²) in [6, 6.07) is 5.88. The molecule has 5 aliphatic rings. The molecule has 8 bridgehead atoms. The van der Waals surface area contributed by atoms with E-state index in [0.717, 1.165) is 56.9 Å². The van der Waals surface area contributed by atoms with Crippen molar-refractivity contribution < 1.29 is 19.5 Å². The molecule has 31 heavy (non-hydrogen) atoms. The van der Waals surface area contributed by atoms with Crippen LogP contribution < -0.4 is 0 Å². The van der Waals surface area contributed by atoms with Crippen molar-refractivity contribution in [1.82, 2.24) is 4.98 Å². The van der Waals surface area contributed by atoms with E-state index in [-0.39, 0.29) is 19.5 Å². The summed E-state index contributed by atoms with van der Waals surface area (Å²) in [5.41, 5.74) is 8.72. The van der Waals surface area contributed by atoms with Gasteiger partial charge in [0.25, 0.3) is 0 Å². The van der Waals surface area contributed by atoms with E-state index < -0.39 is 0 Å². The van der Waals surface area contributed by atoms with Crippen LogP contribution in [0.4, 0.5) is 0 Å². The van der Waals surface area contributed by atoms with Gasteiger partial charge in [0.05, 0.1) is 51.3 Å². The molecular formula is C25H15N5Zn. The maximum atomic E-state index is 4.83. The van der Waals surface area contributed by atoms with Gasteiger partial charge in [-0.2, -0.15) is 0 Å². The standard InChI is InChI=1S/C25H15N5.Zn/c1-2-10-26-24(3-1)23-14-22-13-20-7-6-18(28-20)11-16-4-5-17(27-16)12-19-8-9-21(29-19)15-25(23)30-22;/h1-15H;. The first-order valence-corrected chi connectivity index (χ1v) is 9.68. The van der Waals surface area contributed by atoms with Gasteiger partial charge in [0.2, 0.25) is 0 Å². The molecule has 0 saturated heterocycles. The number of aromatic nitrogens is 1. The molecule has 0 aliphatic carbocycles. The van der Waals surface area contributed by atoms with Crippen LogP contribution in [0.3, 0.4) is 0 Å². The molecule has 0 atom stereocenters. The summed E-state index contributed by atoms with van der Waals surface area (Å²) in [6.07, 6.45) is 23.7. The monoisotopic (exact) mass is 449 g/mol. The molecule has 0 N–H and O–H groups in total. The predicted molar refractivity (Wildman–Crippen MR) is 122 cm³/mol. The molecule has 0 saturated carbocycles. The predicted octanol–water partition coefficient (Wildman–Crippen LogP) is 4.50. The normalized spacial score (nSPS) is 20.1. The molecule has 0 amide bonds. The zero-order valence-electron chi connectivity index (χ0n) is 16.6. The van der Waals surface area contributed by atoms with Crippen LogP contribution in [-0.2, 0) is 19.5 Å². The molecule has 6 heteroatoms. The molecule has 1 aromatic heterocycles. The van der Waals surface area contributed by atoms with Crippen LogP contribution in [0.25, 0.3) is 5.57 Å². The van der Waals surface area contributed by atoms with E-state index in [1.807, 2.05) is 85.0 Å². The fraction of sp³-hybridized carbons (Fsp3) is 0. The Labute approximate surface area is 192 Å². The van der Waals surface area contributed by atoms with Gasteiger partial charge in [-0.15, -0.1) is 0 Å². The second-order valence-electron chi connectivity index (χ2n) is 7.16. The van der Waals surface area contributed by atoms with E-state index in [0.29, 0.717) is 0 Å².